The summed E-state index contributed by atoms with van der Waals surface area (Å²) in [5.74, 6) is 2.25. The van der Waals surface area contributed by atoms with Crippen LogP contribution in [-0.2, 0) is 0 Å². The van der Waals surface area contributed by atoms with Gasteiger partial charge in [0.15, 0.2) is 0 Å². The van der Waals surface area contributed by atoms with E-state index in [1.54, 1.807) is 0 Å². The van der Waals surface area contributed by atoms with Gasteiger partial charge in [-0.2, -0.15) is 11.8 Å². The molecule has 1 aliphatic heterocycles. The quantitative estimate of drug-likeness (QED) is 0.745. The highest BCUT2D eigenvalue weighted by Crippen LogP contribution is 2.30. The van der Waals surface area contributed by atoms with E-state index in [1.807, 2.05) is 0 Å². The number of hydrogen-bond donors (Lipinski definition) is 1. The lowest BCUT2D eigenvalue weighted by Crippen LogP contribution is -2.40. The summed E-state index contributed by atoms with van der Waals surface area (Å²) in [5.41, 5.74) is 0. The Bertz CT molecular complexity index is 155. The van der Waals surface area contributed by atoms with Gasteiger partial charge < -0.3 is 5.32 Å². The average molecular weight is 229 g/mol. The van der Waals surface area contributed by atoms with E-state index in [1.165, 1.54) is 37.9 Å². The molecule has 0 aromatic heterocycles. The van der Waals surface area contributed by atoms with Gasteiger partial charge in [0.1, 0.15) is 0 Å². The minimum absolute atomic E-state index is 0.759. The molecule has 1 saturated heterocycles. The molecular formula is C13H27NS. The van der Waals surface area contributed by atoms with Crippen LogP contribution >= 0.6 is 11.8 Å². The highest BCUT2D eigenvalue weighted by Gasteiger charge is 2.24. The molecular weight excluding hydrogens is 202 g/mol. The van der Waals surface area contributed by atoms with Crippen molar-refractivity contribution in [1.29, 1.82) is 0 Å². The Morgan fingerprint density at radius 3 is 2.67 bits per heavy atom. The van der Waals surface area contributed by atoms with Crippen molar-refractivity contribution in [2.24, 2.45) is 5.92 Å². The second-order valence-electron chi connectivity index (χ2n) is 4.82. The molecule has 0 aliphatic carbocycles. The maximum atomic E-state index is 3.70. The van der Waals surface area contributed by atoms with Gasteiger partial charge in [-0.15, -0.1) is 0 Å². The van der Waals surface area contributed by atoms with Crippen molar-refractivity contribution in [3.8, 4) is 0 Å². The van der Waals surface area contributed by atoms with Crippen LogP contribution in [0.1, 0.15) is 52.9 Å². The Kier molecular flexibility index (Phi) is 6.74. The van der Waals surface area contributed by atoms with Crippen LogP contribution in [0.5, 0.6) is 0 Å². The molecule has 3 unspecified atom stereocenters. The first-order chi connectivity index (χ1) is 7.27. The molecule has 0 bridgehead atoms. The molecule has 0 aromatic rings. The smallest absolute Gasteiger partial charge is 0.0201 e. The number of thioether (sulfide) groups is 1. The zero-order valence-electron chi connectivity index (χ0n) is 10.6. The molecule has 1 rings (SSSR count). The third-order valence-corrected chi connectivity index (χ3v) is 5.00. The van der Waals surface area contributed by atoms with Crippen molar-refractivity contribution in [3.05, 3.63) is 0 Å². The van der Waals surface area contributed by atoms with Crippen LogP contribution in [0, 0.1) is 5.92 Å². The van der Waals surface area contributed by atoms with Crippen molar-refractivity contribution in [2.75, 3.05) is 12.3 Å². The van der Waals surface area contributed by atoms with Crippen molar-refractivity contribution in [3.63, 3.8) is 0 Å². The molecule has 0 saturated carbocycles. The Hall–Kier alpha value is 0.310. The minimum Gasteiger partial charge on any atom is -0.313 e. The summed E-state index contributed by atoms with van der Waals surface area (Å²) in [7, 11) is 0. The fourth-order valence-electron chi connectivity index (χ4n) is 2.31. The standard InChI is InChI=1S/C13H27NS/c1-4-11(3)10-12(14-5-2)13-8-6-7-9-15-13/h11-14H,4-10H2,1-3H3. The van der Waals surface area contributed by atoms with E-state index >= 15 is 0 Å². The first-order valence-corrected chi connectivity index (χ1v) is 7.67. The lowest BCUT2D eigenvalue weighted by molar-refractivity contribution is 0.377. The molecule has 0 radical (unpaired) electrons. The third-order valence-electron chi connectivity index (χ3n) is 3.48. The van der Waals surface area contributed by atoms with Gasteiger partial charge in [0, 0.05) is 11.3 Å². The summed E-state index contributed by atoms with van der Waals surface area (Å²) < 4.78 is 0. The third kappa shape index (κ3) is 4.78. The lowest BCUT2D eigenvalue weighted by Gasteiger charge is -2.32. The zero-order valence-corrected chi connectivity index (χ0v) is 11.4. The first kappa shape index (κ1) is 13.4. The van der Waals surface area contributed by atoms with E-state index in [0.717, 1.165) is 23.8 Å². The topological polar surface area (TPSA) is 12.0 Å². The largest absolute Gasteiger partial charge is 0.313 e. The summed E-state index contributed by atoms with van der Waals surface area (Å²) in [6.07, 6.45) is 6.99. The van der Waals surface area contributed by atoms with Gasteiger partial charge in [-0.3, -0.25) is 0 Å². The molecule has 90 valence electrons. The Labute approximate surface area is 99.8 Å². The fraction of sp³-hybridized carbons (Fsp3) is 1.00. The van der Waals surface area contributed by atoms with Crippen LogP contribution in [-0.4, -0.2) is 23.6 Å². The Morgan fingerprint density at radius 2 is 2.13 bits per heavy atom. The summed E-state index contributed by atoms with van der Waals surface area (Å²) >= 11 is 2.20. The predicted octanol–water partition coefficient (Wildman–Crippen LogP) is 3.69. The van der Waals surface area contributed by atoms with E-state index < -0.39 is 0 Å². The van der Waals surface area contributed by atoms with Gasteiger partial charge in [0.25, 0.3) is 0 Å². The Balaban J connectivity index is 2.39. The molecule has 0 spiro atoms. The van der Waals surface area contributed by atoms with Gasteiger partial charge in [-0.25, -0.2) is 0 Å². The van der Waals surface area contributed by atoms with Crippen LogP contribution in [0.4, 0.5) is 0 Å². The summed E-state index contributed by atoms with van der Waals surface area (Å²) in [6.45, 7) is 8.05. The molecule has 1 N–H and O–H groups in total. The highest BCUT2D eigenvalue weighted by atomic mass is 32.2. The van der Waals surface area contributed by atoms with E-state index in [4.69, 9.17) is 0 Å². The molecule has 0 aromatic carbocycles. The van der Waals surface area contributed by atoms with E-state index in [2.05, 4.69) is 37.8 Å². The molecule has 1 aliphatic rings. The maximum absolute atomic E-state index is 3.70. The highest BCUT2D eigenvalue weighted by molar-refractivity contribution is 8.00. The molecule has 1 fully saturated rings. The van der Waals surface area contributed by atoms with Crippen LogP contribution in [0.15, 0.2) is 0 Å². The summed E-state index contributed by atoms with van der Waals surface area (Å²) in [6, 6.07) is 0.759. The molecule has 1 heterocycles. The van der Waals surface area contributed by atoms with Crippen molar-refractivity contribution in [2.45, 2.75) is 64.2 Å². The van der Waals surface area contributed by atoms with Crippen LogP contribution in [0.3, 0.4) is 0 Å². The second-order valence-corrected chi connectivity index (χ2v) is 6.17. The molecule has 1 nitrogen and oxygen atoms in total. The number of rotatable bonds is 6. The normalized spacial score (nSPS) is 26.2. The van der Waals surface area contributed by atoms with Gasteiger partial charge >= 0.3 is 0 Å². The second kappa shape index (κ2) is 7.56. The molecule has 2 heteroatoms. The van der Waals surface area contributed by atoms with Crippen molar-refractivity contribution in [1.82, 2.24) is 5.32 Å². The summed E-state index contributed by atoms with van der Waals surface area (Å²) in [5, 5.41) is 4.58. The molecule has 0 amide bonds. The van der Waals surface area contributed by atoms with Crippen LogP contribution < -0.4 is 5.32 Å². The van der Waals surface area contributed by atoms with Crippen molar-refractivity contribution >= 4 is 11.8 Å². The van der Waals surface area contributed by atoms with E-state index in [9.17, 15) is 0 Å². The lowest BCUT2D eigenvalue weighted by atomic mass is 9.95. The summed E-state index contributed by atoms with van der Waals surface area (Å²) in [4.78, 5) is 0. The number of nitrogens with one attached hydrogen (secondary N) is 1. The molecule has 3 atom stereocenters. The van der Waals surface area contributed by atoms with Gasteiger partial charge in [0.05, 0.1) is 0 Å². The van der Waals surface area contributed by atoms with Gasteiger partial charge in [-0.05, 0) is 37.5 Å². The fourth-order valence-corrected chi connectivity index (χ4v) is 3.76. The first-order valence-electron chi connectivity index (χ1n) is 6.62. The molecule has 15 heavy (non-hydrogen) atoms. The number of hydrogen-bond acceptors (Lipinski definition) is 2. The maximum Gasteiger partial charge on any atom is 0.0201 e. The zero-order chi connectivity index (χ0) is 11.1. The minimum atomic E-state index is 0.759. The van der Waals surface area contributed by atoms with E-state index in [-0.39, 0.29) is 0 Å². The van der Waals surface area contributed by atoms with E-state index in [0.29, 0.717) is 0 Å². The van der Waals surface area contributed by atoms with Gasteiger partial charge in [-0.1, -0.05) is 33.6 Å². The average Bonchev–Trinajstić information content (AvgIpc) is 2.29. The van der Waals surface area contributed by atoms with Crippen LogP contribution in [0.25, 0.3) is 0 Å². The Morgan fingerprint density at radius 1 is 1.33 bits per heavy atom. The van der Waals surface area contributed by atoms with Crippen molar-refractivity contribution < 1.29 is 0 Å². The predicted molar refractivity (Wildman–Crippen MR) is 71.6 cm³/mol. The van der Waals surface area contributed by atoms with Crippen LogP contribution in [0.2, 0.25) is 0 Å². The SMILES string of the molecule is CCNC(CC(C)CC)C1CCCCS1. The monoisotopic (exact) mass is 229 g/mol. The van der Waals surface area contributed by atoms with Gasteiger partial charge in [0.2, 0.25) is 0 Å².